The van der Waals surface area contributed by atoms with Crippen LogP contribution in [0, 0.1) is 6.92 Å². The third-order valence-corrected chi connectivity index (χ3v) is 2.34. The fourth-order valence-electron chi connectivity index (χ4n) is 1.41. The van der Waals surface area contributed by atoms with Crippen molar-refractivity contribution in [3.63, 3.8) is 0 Å². The Morgan fingerprint density at radius 1 is 1.06 bits per heavy atom. The summed E-state index contributed by atoms with van der Waals surface area (Å²) in [5.74, 6) is 0.00875. The summed E-state index contributed by atoms with van der Waals surface area (Å²) < 4.78 is 1.77. The van der Waals surface area contributed by atoms with Crippen LogP contribution in [0.5, 0.6) is 0 Å². The molecule has 2 heteroatoms. The SMILES string of the molecule is Cc1cc[n+](C=C([O-])c2ccccc2)cc1. The first kappa shape index (κ1) is 10.4. The second-order valence-electron chi connectivity index (χ2n) is 3.68. The molecule has 0 radical (unpaired) electrons. The molecule has 0 aliphatic heterocycles. The highest BCUT2D eigenvalue weighted by molar-refractivity contribution is 5.64. The second kappa shape index (κ2) is 4.62. The Kier molecular flexibility index (Phi) is 3.01. The number of aromatic nitrogens is 1. The summed E-state index contributed by atoms with van der Waals surface area (Å²) >= 11 is 0. The first-order chi connectivity index (χ1) is 7.75. The predicted octanol–water partition coefficient (Wildman–Crippen LogP) is 1.60. The molecule has 2 aromatic rings. The van der Waals surface area contributed by atoms with Gasteiger partial charge < -0.3 is 5.11 Å². The number of hydrogen-bond donors (Lipinski definition) is 0. The molecular formula is C14H13NO. The smallest absolute Gasteiger partial charge is 0.174 e. The van der Waals surface area contributed by atoms with Crippen molar-refractivity contribution in [2.24, 2.45) is 0 Å². The number of nitrogens with zero attached hydrogens (tertiary/aromatic N) is 1. The van der Waals surface area contributed by atoms with Crippen LogP contribution in [0.3, 0.4) is 0 Å². The fraction of sp³-hybridized carbons (Fsp3) is 0.0714. The van der Waals surface area contributed by atoms with Crippen molar-refractivity contribution in [2.75, 3.05) is 0 Å². The lowest BCUT2D eigenvalue weighted by Gasteiger charge is -2.08. The molecule has 0 aliphatic carbocycles. The zero-order valence-electron chi connectivity index (χ0n) is 9.13. The quantitative estimate of drug-likeness (QED) is 0.547. The van der Waals surface area contributed by atoms with E-state index in [1.807, 2.05) is 61.8 Å². The molecule has 0 saturated heterocycles. The summed E-state index contributed by atoms with van der Waals surface area (Å²) in [5, 5.41) is 11.8. The van der Waals surface area contributed by atoms with E-state index in [2.05, 4.69) is 0 Å². The van der Waals surface area contributed by atoms with Gasteiger partial charge in [-0.25, -0.2) is 0 Å². The van der Waals surface area contributed by atoms with Gasteiger partial charge in [0.25, 0.3) is 0 Å². The number of aryl methyl sites for hydroxylation is 1. The molecule has 1 aromatic heterocycles. The maximum absolute atomic E-state index is 11.8. The summed E-state index contributed by atoms with van der Waals surface area (Å²) in [4.78, 5) is 0. The molecule has 2 nitrogen and oxygen atoms in total. The standard InChI is InChI=1S/C14H13NO/c1-12-7-9-15(10-8-12)11-14(16)13-5-3-2-4-6-13/h2-11H,1H3. The van der Waals surface area contributed by atoms with Gasteiger partial charge in [0.15, 0.2) is 18.6 Å². The molecule has 0 spiro atoms. The molecular weight excluding hydrogens is 198 g/mol. The third kappa shape index (κ3) is 2.48. The fourth-order valence-corrected chi connectivity index (χ4v) is 1.41. The highest BCUT2D eigenvalue weighted by Crippen LogP contribution is 2.06. The van der Waals surface area contributed by atoms with Gasteiger partial charge in [0.2, 0.25) is 0 Å². The second-order valence-corrected chi connectivity index (χ2v) is 3.68. The van der Waals surface area contributed by atoms with E-state index in [9.17, 15) is 5.11 Å². The van der Waals surface area contributed by atoms with Gasteiger partial charge in [-0.05, 0) is 23.8 Å². The summed E-state index contributed by atoms with van der Waals surface area (Å²) in [6.45, 7) is 2.02. The van der Waals surface area contributed by atoms with Crippen molar-refractivity contribution in [1.29, 1.82) is 0 Å². The minimum Gasteiger partial charge on any atom is -0.868 e. The van der Waals surface area contributed by atoms with E-state index in [0.29, 0.717) is 5.56 Å². The normalized spacial score (nSPS) is 11.4. The van der Waals surface area contributed by atoms with Gasteiger partial charge in [-0.2, -0.15) is 4.57 Å². The molecule has 0 unspecified atom stereocenters. The Morgan fingerprint density at radius 2 is 1.69 bits per heavy atom. The molecule has 2 rings (SSSR count). The van der Waals surface area contributed by atoms with E-state index >= 15 is 0 Å². The van der Waals surface area contributed by atoms with Gasteiger partial charge in [-0.3, -0.25) is 0 Å². The molecule has 0 fully saturated rings. The molecule has 1 heterocycles. The zero-order chi connectivity index (χ0) is 11.4. The molecule has 80 valence electrons. The molecule has 0 saturated carbocycles. The van der Waals surface area contributed by atoms with Gasteiger partial charge in [0.05, 0.1) is 0 Å². The van der Waals surface area contributed by atoms with Crippen LogP contribution in [-0.4, -0.2) is 0 Å². The van der Waals surface area contributed by atoms with Crippen molar-refractivity contribution in [2.45, 2.75) is 6.92 Å². The maximum Gasteiger partial charge on any atom is 0.174 e. The van der Waals surface area contributed by atoms with Crippen LogP contribution in [0.2, 0.25) is 0 Å². The van der Waals surface area contributed by atoms with Gasteiger partial charge in [0.1, 0.15) is 0 Å². The van der Waals surface area contributed by atoms with Crippen molar-refractivity contribution in [3.8, 4) is 0 Å². The van der Waals surface area contributed by atoms with E-state index < -0.39 is 0 Å². The Morgan fingerprint density at radius 3 is 2.31 bits per heavy atom. The number of hydrogen-bond acceptors (Lipinski definition) is 1. The first-order valence-electron chi connectivity index (χ1n) is 5.17. The van der Waals surface area contributed by atoms with E-state index in [-0.39, 0.29) is 5.76 Å². The minimum absolute atomic E-state index is 0.00875. The predicted molar refractivity (Wildman–Crippen MR) is 62.0 cm³/mol. The van der Waals surface area contributed by atoms with E-state index in [4.69, 9.17) is 0 Å². The summed E-state index contributed by atoms with van der Waals surface area (Å²) in [6, 6.07) is 13.2. The van der Waals surface area contributed by atoms with E-state index in [1.54, 1.807) is 10.8 Å². The van der Waals surface area contributed by atoms with Crippen molar-refractivity contribution in [3.05, 3.63) is 66.0 Å². The van der Waals surface area contributed by atoms with E-state index in [0.717, 1.165) is 0 Å². The maximum atomic E-state index is 11.8. The zero-order valence-corrected chi connectivity index (χ0v) is 9.13. The van der Waals surface area contributed by atoms with Crippen molar-refractivity contribution < 1.29 is 9.67 Å². The van der Waals surface area contributed by atoms with Gasteiger partial charge in [0, 0.05) is 12.1 Å². The van der Waals surface area contributed by atoms with E-state index in [1.165, 1.54) is 5.56 Å². The Bertz CT molecular complexity index is 486. The summed E-state index contributed by atoms with van der Waals surface area (Å²) in [7, 11) is 0. The Balaban J connectivity index is 2.28. The van der Waals surface area contributed by atoms with Crippen LogP contribution in [0.1, 0.15) is 11.1 Å². The Hall–Kier alpha value is -2.09. The number of pyridine rings is 1. The number of rotatable bonds is 2. The highest BCUT2D eigenvalue weighted by atomic mass is 16.3. The molecule has 0 atom stereocenters. The Labute approximate surface area is 95.1 Å². The minimum atomic E-state index is 0.00875. The molecule has 0 bridgehead atoms. The van der Waals surface area contributed by atoms with Crippen LogP contribution in [-0.2, 0) is 0 Å². The topological polar surface area (TPSA) is 26.9 Å². The van der Waals surface area contributed by atoms with Gasteiger partial charge in [-0.15, -0.1) is 0 Å². The van der Waals surface area contributed by atoms with Crippen LogP contribution in [0.4, 0.5) is 0 Å². The van der Waals surface area contributed by atoms with Gasteiger partial charge >= 0.3 is 0 Å². The third-order valence-electron chi connectivity index (χ3n) is 2.34. The average Bonchev–Trinajstić information content (AvgIpc) is 2.33. The van der Waals surface area contributed by atoms with Crippen molar-refractivity contribution >= 4 is 12.0 Å². The average molecular weight is 211 g/mol. The van der Waals surface area contributed by atoms with Crippen LogP contribution >= 0.6 is 0 Å². The molecule has 0 N–H and O–H groups in total. The highest BCUT2D eigenvalue weighted by Gasteiger charge is 1.96. The molecule has 0 amide bonds. The lowest BCUT2D eigenvalue weighted by molar-refractivity contribution is -0.570. The first-order valence-corrected chi connectivity index (χ1v) is 5.17. The molecule has 16 heavy (non-hydrogen) atoms. The monoisotopic (exact) mass is 211 g/mol. The lowest BCUT2D eigenvalue weighted by atomic mass is 10.2. The van der Waals surface area contributed by atoms with Crippen molar-refractivity contribution in [1.82, 2.24) is 0 Å². The lowest BCUT2D eigenvalue weighted by Crippen LogP contribution is -2.26. The molecule has 0 aliphatic rings. The van der Waals surface area contributed by atoms with Crippen LogP contribution in [0.15, 0.2) is 54.9 Å². The summed E-state index contributed by atoms with van der Waals surface area (Å²) in [5.41, 5.74) is 1.88. The number of benzene rings is 1. The largest absolute Gasteiger partial charge is 0.868 e. The molecule has 1 aromatic carbocycles. The van der Waals surface area contributed by atoms with Crippen LogP contribution < -0.4 is 9.67 Å². The van der Waals surface area contributed by atoms with Gasteiger partial charge in [-0.1, -0.05) is 30.3 Å². The summed E-state index contributed by atoms with van der Waals surface area (Å²) in [6.07, 6.45) is 5.32. The van der Waals surface area contributed by atoms with Crippen LogP contribution in [0.25, 0.3) is 12.0 Å².